The van der Waals surface area contributed by atoms with Gasteiger partial charge in [-0.3, -0.25) is 0 Å². The predicted molar refractivity (Wildman–Crippen MR) is 62.9 cm³/mol. The minimum Gasteiger partial charge on any atom is -0.490 e. The molecule has 0 amide bonds. The molecule has 15 heavy (non-hydrogen) atoms. The van der Waals surface area contributed by atoms with Crippen LogP contribution in [0.5, 0.6) is 5.75 Å². The second-order valence-corrected chi connectivity index (χ2v) is 4.57. The van der Waals surface area contributed by atoms with Gasteiger partial charge in [-0.15, -0.1) is 0 Å². The van der Waals surface area contributed by atoms with Gasteiger partial charge in [0.05, 0.1) is 16.7 Å². The monoisotopic (exact) mass is 245 g/mol. The van der Waals surface area contributed by atoms with Crippen molar-refractivity contribution in [1.29, 1.82) is 0 Å². The maximum atomic E-state index is 5.98. The third-order valence-corrected chi connectivity index (χ3v) is 3.25. The third kappa shape index (κ3) is 2.57. The molecule has 2 nitrogen and oxygen atoms in total. The Balaban J connectivity index is 1.94. The van der Waals surface area contributed by atoms with Gasteiger partial charge < -0.3 is 10.1 Å². The van der Waals surface area contributed by atoms with Crippen molar-refractivity contribution in [2.75, 3.05) is 13.7 Å². The Labute approximate surface area is 99.5 Å². The summed E-state index contributed by atoms with van der Waals surface area (Å²) in [5, 5.41) is 4.36. The topological polar surface area (TPSA) is 21.3 Å². The van der Waals surface area contributed by atoms with Gasteiger partial charge in [0, 0.05) is 12.0 Å². The number of rotatable bonds is 4. The molecule has 1 aliphatic carbocycles. The molecule has 1 N–H and O–H groups in total. The first-order valence-corrected chi connectivity index (χ1v) is 5.72. The van der Waals surface area contributed by atoms with E-state index in [9.17, 15) is 0 Å². The Morgan fingerprint density at radius 2 is 2.07 bits per heavy atom. The molecule has 0 spiro atoms. The summed E-state index contributed by atoms with van der Waals surface area (Å²) in [6.07, 6.45) is 1.17. The van der Waals surface area contributed by atoms with Gasteiger partial charge in [-0.25, -0.2) is 0 Å². The van der Waals surface area contributed by atoms with Crippen LogP contribution in [0.1, 0.15) is 6.42 Å². The smallest absolute Gasteiger partial charge is 0.156 e. The van der Waals surface area contributed by atoms with Gasteiger partial charge in [0.1, 0.15) is 0 Å². The zero-order valence-electron chi connectivity index (χ0n) is 8.47. The highest BCUT2D eigenvalue weighted by Crippen LogP contribution is 2.35. The number of para-hydroxylation sites is 1. The molecule has 1 aromatic rings. The summed E-state index contributed by atoms with van der Waals surface area (Å²) in [6.45, 7) is 0.676. The molecular weight excluding hydrogens is 233 g/mol. The molecular formula is C11H13Cl2NO. The van der Waals surface area contributed by atoms with Crippen LogP contribution in [0.15, 0.2) is 18.2 Å². The average Bonchev–Trinajstić information content (AvgIpc) is 2.96. The van der Waals surface area contributed by atoms with Crippen LogP contribution in [0.3, 0.4) is 0 Å². The molecule has 1 aromatic carbocycles. The van der Waals surface area contributed by atoms with Crippen LogP contribution in [-0.4, -0.2) is 19.7 Å². The first-order valence-electron chi connectivity index (χ1n) is 4.96. The average molecular weight is 246 g/mol. The summed E-state index contributed by atoms with van der Waals surface area (Å²) in [4.78, 5) is 0. The van der Waals surface area contributed by atoms with Crippen molar-refractivity contribution in [3.8, 4) is 5.75 Å². The quantitative estimate of drug-likeness (QED) is 0.881. The van der Waals surface area contributed by atoms with Gasteiger partial charge >= 0.3 is 0 Å². The lowest BCUT2D eigenvalue weighted by molar-refractivity contribution is 0.295. The van der Waals surface area contributed by atoms with Gasteiger partial charge in [-0.2, -0.15) is 0 Å². The van der Waals surface area contributed by atoms with Crippen LogP contribution >= 0.6 is 23.2 Å². The Morgan fingerprint density at radius 3 is 2.60 bits per heavy atom. The SMILES string of the molecule is CNC1CC1COc1c(Cl)cccc1Cl. The highest BCUT2D eigenvalue weighted by Gasteiger charge is 2.36. The van der Waals surface area contributed by atoms with Crippen molar-refractivity contribution in [3.63, 3.8) is 0 Å². The van der Waals surface area contributed by atoms with Gasteiger partial charge in [-0.1, -0.05) is 29.3 Å². The number of hydrogen-bond acceptors (Lipinski definition) is 2. The van der Waals surface area contributed by atoms with Crippen LogP contribution in [0.4, 0.5) is 0 Å². The van der Waals surface area contributed by atoms with E-state index in [1.54, 1.807) is 12.1 Å². The zero-order valence-corrected chi connectivity index (χ0v) is 9.98. The minimum atomic E-state index is 0.573. The second-order valence-electron chi connectivity index (χ2n) is 3.75. The minimum absolute atomic E-state index is 0.573. The van der Waals surface area contributed by atoms with E-state index in [0.29, 0.717) is 34.4 Å². The Hall–Kier alpha value is -0.440. The van der Waals surface area contributed by atoms with Crippen LogP contribution in [-0.2, 0) is 0 Å². The van der Waals surface area contributed by atoms with Crippen molar-refractivity contribution in [3.05, 3.63) is 28.2 Å². The molecule has 1 aliphatic rings. The molecule has 0 aromatic heterocycles. The predicted octanol–water partition coefficient (Wildman–Crippen LogP) is 2.98. The van der Waals surface area contributed by atoms with Crippen molar-refractivity contribution < 1.29 is 4.74 Å². The fraction of sp³-hybridized carbons (Fsp3) is 0.455. The van der Waals surface area contributed by atoms with Crippen LogP contribution < -0.4 is 10.1 Å². The van der Waals surface area contributed by atoms with Gasteiger partial charge in [0.25, 0.3) is 0 Å². The summed E-state index contributed by atoms with van der Waals surface area (Å²) in [5.74, 6) is 1.19. The van der Waals surface area contributed by atoms with E-state index in [2.05, 4.69) is 5.32 Å². The van der Waals surface area contributed by atoms with E-state index < -0.39 is 0 Å². The summed E-state index contributed by atoms with van der Waals surface area (Å²) in [6, 6.07) is 5.97. The molecule has 1 fully saturated rings. The number of halogens is 2. The van der Waals surface area contributed by atoms with E-state index in [0.717, 1.165) is 0 Å². The van der Waals surface area contributed by atoms with Crippen molar-refractivity contribution in [2.24, 2.45) is 5.92 Å². The molecule has 2 atom stereocenters. The van der Waals surface area contributed by atoms with Gasteiger partial charge in [0.15, 0.2) is 5.75 Å². The molecule has 0 heterocycles. The van der Waals surface area contributed by atoms with E-state index >= 15 is 0 Å². The van der Waals surface area contributed by atoms with Gasteiger partial charge in [0.2, 0.25) is 0 Å². The fourth-order valence-electron chi connectivity index (χ4n) is 1.60. The Morgan fingerprint density at radius 1 is 1.40 bits per heavy atom. The van der Waals surface area contributed by atoms with E-state index in [-0.39, 0.29) is 0 Å². The molecule has 2 unspecified atom stereocenters. The first kappa shape index (κ1) is 11.1. The van der Waals surface area contributed by atoms with Crippen LogP contribution in [0.25, 0.3) is 0 Å². The molecule has 0 saturated heterocycles. The highest BCUT2D eigenvalue weighted by molar-refractivity contribution is 6.37. The first-order chi connectivity index (χ1) is 7.22. The summed E-state index contributed by atoms with van der Waals surface area (Å²) in [7, 11) is 1.97. The Kier molecular flexibility index (Phi) is 3.39. The highest BCUT2D eigenvalue weighted by atomic mass is 35.5. The summed E-state index contributed by atoms with van der Waals surface area (Å²) >= 11 is 12.0. The number of benzene rings is 1. The van der Waals surface area contributed by atoms with Crippen molar-refractivity contribution in [2.45, 2.75) is 12.5 Å². The standard InChI is InChI=1S/C11H13Cl2NO/c1-14-10-5-7(10)6-15-11-8(12)3-2-4-9(11)13/h2-4,7,10,14H,5-6H2,1H3. The van der Waals surface area contributed by atoms with E-state index in [4.69, 9.17) is 27.9 Å². The second kappa shape index (κ2) is 4.60. The van der Waals surface area contributed by atoms with Gasteiger partial charge in [-0.05, 0) is 25.6 Å². The molecule has 4 heteroatoms. The number of hydrogen-bond donors (Lipinski definition) is 1. The Bertz CT molecular complexity index is 336. The molecule has 2 rings (SSSR count). The van der Waals surface area contributed by atoms with Crippen LogP contribution in [0.2, 0.25) is 10.0 Å². The summed E-state index contributed by atoms with van der Waals surface area (Å²) < 4.78 is 5.62. The molecule has 0 radical (unpaired) electrons. The molecule has 82 valence electrons. The maximum Gasteiger partial charge on any atom is 0.156 e. The third-order valence-electron chi connectivity index (χ3n) is 2.65. The lowest BCUT2D eigenvalue weighted by Gasteiger charge is -2.09. The lowest BCUT2D eigenvalue weighted by atomic mass is 10.3. The van der Waals surface area contributed by atoms with Crippen molar-refractivity contribution >= 4 is 23.2 Å². The number of ether oxygens (including phenoxy) is 1. The zero-order chi connectivity index (χ0) is 10.8. The lowest BCUT2D eigenvalue weighted by Crippen LogP contribution is -2.14. The maximum absolute atomic E-state index is 5.98. The summed E-state index contributed by atoms with van der Waals surface area (Å²) in [5.41, 5.74) is 0. The molecule has 0 bridgehead atoms. The van der Waals surface area contributed by atoms with E-state index in [1.165, 1.54) is 6.42 Å². The molecule has 0 aliphatic heterocycles. The van der Waals surface area contributed by atoms with Crippen LogP contribution in [0, 0.1) is 5.92 Å². The van der Waals surface area contributed by atoms with Crippen molar-refractivity contribution in [1.82, 2.24) is 5.32 Å². The molecule has 1 saturated carbocycles. The van der Waals surface area contributed by atoms with E-state index in [1.807, 2.05) is 13.1 Å². The normalized spacial score (nSPS) is 23.9. The largest absolute Gasteiger partial charge is 0.490 e. The number of nitrogens with one attached hydrogen (secondary N) is 1. The fourth-order valence-corrected chi connectivity index (χ4v) is 2.10.